The highest BCUT2D eigenvalue weighted by Crippen LogP contribution is 2.32. The van der Waals surface area contributed by atoms with Crippen LogP contribution in [0.2, 0.25) is 0 Å². The van der Waals surface area contributed by atoms with Crippen LogP contribution in [0.25, 0.3) is 16.9 Å². The maximum Gasteiger partial charge on any atom is 0.280 e. The van der Waals surface area contributed by atoms with Crippen molar-refractivity contribution in [1.29, 1.82) is 0 Å². The van der Waals surface area contributed by atoms with E-state index in [-0.39, 0.29) is 11.2 Å². The van der Waals surface area contributed by atoms with Crippen LogP contribution >= 0.6 is 0 Å². The number of hydrogen-bond acceptors (Lipinski definition) is 6. The van der Waals surface area contributed by atoms with Crippen LogP contribution in [0.1, 0.15) is 12.5 Å². The average molecular weight is 458 g/mol. The number of nitrogens with zero attached hydrogens (tertiary/aromatic N) is 3. The molecule has 0 aliphatic carbocycles. The molecule has 0 saturated carbocycles. The van der Waals surface area contributed by atoms with Crippen LogP contribution in [0.3, 0.4) is 0 Å². The Morgan fingerprint density at radius 2 is 1.71 bits per heavy atom. The first kappa shape index (κ1) is 22.5. The second kappa shape index (κ2) is 9.45. The van der Waals surface area contributed by atoms with E-state index in [0.29, 0.717) is 39.8 Å². The van der Waals surface area contributed by atoms with Gasteiger partial charge in [-0.15, -0.1) is 0 Å². The van der Waals surface area contributed by atoms with Crippen molar-refractivity contribution < 1.29 is 14.4 Å². The molecule has 3 aromatic carbocycles. The van der Waals surface area contributed by atoms with Gasteiger partial charge in [-0.25, -0.2) is 9.67 Å². The molecule has 0 amide bonds. The average Bonchev–Trinajstić information content (AvgIpc) is 3.21. The molecule has 4 rings (SSSR count). The quantitative estimate of drug-likeness (QED) is 0.241. The van der Waals surface area contributed by atoms with Crippen LogP contribution in [0.5, 0.6) is 11.5 Å². The van der Waals surface area contributed by atoms with Crippen LogP contribution in [-0.4, -0.2) is 34.6 Å². The van der Waals surface area contributed by atoms with Gasteiger partial charge >= 0.3 is 0 Å². The first-order chi connectivity index (χ1) is 16.4. The van der Waals surface area contributed by atoms with E-state index in [0.717, 1.165) is 5.56 Å². The molecule has 9 heteroatoms. The molecule has 172 valence electrons. The lowest BCUT2D eigenvalue weighted by atomic mass is 10.1. The number of aliphatic imine (C=N–C) groups is 1. The maximum atomic E-state index is 13.5. The SMILES string of the molecule is COc1ccc(N=C(C)c2c(-c3ccccc3)[nH]n(-c3ccc([N+](=O)[O-])cc3)c2=O)c(OC)c1. The number of nitrogens with one attached hydrogen (secondary N) is 1. The molecule has 1 heterocycles. The molecule has 0 spiro atoms. The standard InChI is InChI=1S/C25H22N4O5/c1-16(26-21-14-13-20(33-2)15-22(21)34-3)23-24(17-7-5-4-6-8-17)27-28(25(23)30)18-9-11-19(12-10-18)29(31)32/h4-15,27H,1-3H3. The van der Waals surface area contributed by atoms with E-state index in [9.17, 15) is 14.9 Å². The summed E-state index contributed by atoms with van der Waals surface area (Å²) in [6, 6.07) is 20.4. The number of nitro benzene ring substituents is 1. The van der Waals surface area contributed by atoms with Gasteiger partial charge in [0.1, 0.15) is 17.2 Å². The van der Waals surface area contributed by atoms with E-state index in [1.54, 1.807) is 32.2 Å². The largest absolute Gasteiger partial charge is 0.497 e. The Labute approximate surface area is 195 Å². The van der Waals surface area contributed by atoms with Crippen molar-refractivity contribution >= 4 is 17.1 Å². The minimum atomic E-state index is -0.485. The van der Waals surface area contributed by atoms with Gasteiger partial charge in [0.15, 0.2) is 0 Å². The monoisotopic (exact) mass is 458 g/mol. The Morgan fingerprint density at radius 1 is 1.00 bits per heavy atom. The van der Waals surface area contributed by atoms with Gasteiger partial charge in [0, 0.05) is 23.8 Å². The zero-order valence-corrected chi connectivity index (χ0v) is 18.8. The van der Waals surface area contributed by atoms with E-state index in [1.165, 1.54) is 36.1 Å². The molecule has 0 atom stereocenters. The van der Waals surface area contributed by atoms with E-state index in [1.807, 2.05) is 30.3 Å². The minimum absolute atomic E-state index is 0.0591. The summed E-state index contributed by atoms with van der Waals surface area (Å²) in [6.45, 7) is 1.75. The van der Waals surface area contributed by atoms with Crippen LogP contribution in [0.4, 0.5) is 11.4 Å². The minimum Gasteiger partial charge on any atom is -0.497 e. The first-order valence-electron chi connectivity index (χ1n) is 10.4. The van der Waals surface area contributed by atoms with Crippen LogP contribution in [0.15, 0.2) is 82.6 Å². The van der Waals surface area contributed by atoms with Crippen molar-refractivity contribution in [2.45, 2.75) is 6.92 Å². The number of aromatic nitrogens is 2. The topological polar surface area (TPSA) is 112 Å². The number of aromatic amines is 1. The molecule has 0 aliphatic heterocycles. The fourth-order valence-electron chi connectivity index (χ4n) is 3.61. The van der Waals surface area contributed by atoms with E-state index >= 15 is 0 Å². The summed E-state index contributed by atoms with van der Waals surface area (Å²) < 4.78 is 12.0. The van der Waals surface area contributed by atoms with Crippen molar-refractivity contribution in [3.63, 3.8) is 0 Å². The number of non-ortho nitro benzene ring substituents is 1. The number of H-pyrrole nitrogens is 1. The molecule has 4 aromatic rings. The molecule has 34 heavy (non-hydrogen) atoms. The molecular formula is C25H22N4O5. The fraction of sp³-hybridized carbons (Fsp3) is 0.120. The maximum absolute atomic E-state index is 13.5. The van der Waals surface area contributed by atoms with Crippen molar-refractivity contribution in [3.05, 3.63) is 98.8 Å². The number of benzene rings is 3. The summed E-state index contributed by atoms with van der Waals surface area (Å²) in [5, 5.41) is 14.2. The lowest BCUT2D eigenvalue weighted by Crippen LogP contribution is -2.19. The molecule has 0 saturated heterocycles. The molecule has 0 fully saturated rings. The molecule has 0 bridgehead atoms. The summed E-state index contributed by atoms with van der Waals surface area (Å²) in [5.74, 6) is 1.13. The predicted molar refractivity (Wildman–Crippen MR) is 130 cm³/mol. The first-order valence-corrected chi connectivity index (χ1v) is 10.4. The highest BCUT2D eigenvalue weighted by Gasteiger charge is 2.20. The van der Waals surface area contributed by atoms with Crippen molar-refractivity contribution in [3.8, 4) is 28.4 Å². The molecule has 0 aliphatic rings. The van der Waals surface area contributed by atoms with Gasteiger partial charge in [-0.3, -0.25) is 20.0 Å². The Balaban J connectivity index is 1.88. The number of methoxy groups -OCH3 is 2. The molecule has 1 N–H and O–H groups in total. The number of ether oxygens (including phenoxy) is 2. The fourth-order valence-corrected chi connectivity index (χ4v) is 3.61. The van der Waals surface area contributed by atoms with Crippen LogP contribution in [0, 0.1) is 10.1 Å². The molecule has 9 nitrogen and oxygen atoms in total. The zero-order valence-electron chi connectivity index (χ0n) is 18.8. The van der Waals surface area contributed by atoms with Crippen molar-refractivity contribution in [1.82, 2.24) is 9.78 Å². The summed E-state index contributed by atoms with van der Waals surface area (Å²) in [5.41, 5.74) is 2.85. The molecular weight excluding hydrogens is 436 g/mol. The number of rotatable bonds is 7. The Morgan fingerprint density at radius 3 is 2.32 bits per heavy atom. The van der Waals surface area contributed by atoms with Crippen molar-refractivity contribution in [2.75, 3.05) is 14.2 Å². The third-order valence-corrected chi connectivity index (χ3v) is 5.31. The summed E-state index contributed by atoms with van der Waals surface area (Å²) in [7, 11) is 3.10. The number of nitro groups is 1. The zero-order chi connectivity index (χ0) is 24.2. The third-order valence-electron chi connectivity index (χ3n) is 5.31. The lowest BCUT2D eigenvalue weighted by molar-refractivity contribution is -0.384. The second-order valence-electron chi connectivity index (χ2n) is 7.38. The van der Waals surface area contributed by atoms with Gasteiger partial charge in [0.05, 0.1) is 41.8 Å². The Kier molecular flexibility index (Phi) is 6.26. The highest BCUT2D eigenvalue weighted by molar-refractivity contribution is 6.05. The second-order valence-corrected chi connectivity index (χ2v) is 7.38. The smallest absolute Gasteiger partial charge is 0.280 e. The van der Waals surface area contributed by atoms with Gasteiger partial charge < -0.3 is 9.47 Å². The molecule has 0 radical (unpaired) electrons. The predicted octanol–water partition coefficient (Wildman–Crippen LogP) is 4.90. The summed E-state index contributed by atoms with van der Waals surface area (Å²) in [4.78, 5) is 28.7. The van der Waals surface area contributed by atoms with Gasteiger partial charge in [-0.05, 0) is 31.2 Å². The Bertz CT molecular complexity index is 1420. The highest BCUT2D eigenvalue weighted by atomic mass is 16.6. The normalized spacial score (nSPS) is 11.3. The third kappa shape index (κ3) is 4.31. The van der Waals surface area contributed by atoms with E-state index in [2.05, 4.69) is 10.1 Å². The van der Waals surface area contributed by atoms with Crippen LogP contribution in [-0.2, 0) is 0 Å². The van der Waals surface area contributed by atoms with Gasteiger partial charge in [-0.2, -0.15) is 0 Å². The lowest BCUT2D eigenvalue weighted by Gasteiger charge is -2.08. The van der Waals surface area contributed by atoms with Gasteiger partial charge in [-0.1, -0.05) is 30.3 Å². The molecule has 0 unspecified atom stereocenters. The van der Waals surface area contributed by atoms with E-state index in [4.69, 9.17) is 9.47 Å². The number of hydrogen-bond donors (Lipinski definition) is 1. The van der Waals surface area contributed by atoms with Gasteiger partial charge in [0.25, 0.3) is 11.2 Å². The Hall–Kier alpha value is -4.66. The summed E-state index contributed by atoms with van der Waals surface area (Å²) in [6.07, 6.45) is 0. The van der Waals surface area contributed by atoms with Crippen molar-refractivity contribution in [2.24, 2.45) is 4.99 Å². The summed E-state index contributed by atoms with van der Waals surface area (Å²) >= 11 is 0. The van der Waals surface area contributed by atoms with Crippen LogP contribution < -0.4 is 15.0 Å². The molecule has 1 aromatic heterocycles. The van der Waals surface area contributed by atoms with Gasteiger partial charge in [0.2, 0.25) is 0 Å². The van der Waals surface area contributed by atoms with E-state index < -0.39 is 4.92 Å².